The van der Waals surface area contributed by atoms with Crippen molar-refractivity contribution in [2.45, 2.75) is 0 Å². The number of rotatable bonds is 5. The summed E-state index contributed by atoms with van der Waals surface area (Å²) in [7, 11) is 1.61. The van der Waals surface area contributed by atoms with Gasteiger partial charge in [-0.1, -0.05) is 12.1 Å². The van der Waals surface area contributed by atoms with Crippen LogP contribution < -0.4 is 10.1 Å². The molecule has 2 N–H and O–H groups in total. The van der Waals surface area contributed by atoms with Gasteiger partial charge in [-0.05, 0) is 42.5 Å². The van der Waals surface area contributed by atoms with E-state index in [4.69, 9.17) is 4.74 Å². The quantitative estimate of drug-likeness (QED) is 0.550. The van der Waals surface area contributed by atoms with Gasteiger partial charge in [0, 0.05) is 17.3 Å². The van der Waals surface area contributed by atoms with Crippen LogP contribution in [0.3, 0.4) is 0 Å². The number of aromatic nitrogens is 4. The molecule has 0 fully saturated rings. The van der Waals surface area contributed by atoms with Crippen molar-refractivity contribution in [3.63, 3.8) is 0 Å². The SMILES string of the molecule is COc1ccccc1Nc1nccc(-c2cn[nH]c2-c2ccc(F)cc2)n1. The Morgan fingerprint density at radius 2 is 1.85 bits per heavy atom. The predicted octanol–water partition coefficient (Wildman–Crippen LogP) is 4.43. The number of benzene rings is 2. The van der Waals surface area contributed by atoms with Gasteiger partial charge in [-0.15, -0.1) is 0 Å². The Morgan fingerprint density at radius 3 is 2.67 bits per heavy atom. The minimum atomic E-state index is -0.287. The number of halogens is 1. The fourth-order valence-corrected chi connectivity index (χ4v) is 2.75. The number of ether oxygens (including phenoxy) is 1. The molecule has 134 valence electrons. The molecule has 0 aliphatic rings. The molecule has 6 nitrogen and oxygen atoms in total. The molecular weight excluding hydrogens is 345 g/mol. The van der Waals surface area contributed by atoms with Crippen molar-refractivity contribution in [2.75, 3.05) is 12.4 Å². The summed E-state index contributed by atoms with van der Waals surface area (Å²) in [6, 6.07) is 15.5. The third-order valence-corrected chi connectivity index (χ3v) is 4.06. The Labute approximate surface area is 155 Å². The van der Waals surface area contributed by atoms with E-state index < -0.39 is 0 Å². The number of nitrogens with one attached hydrogen (secondary N) is 2. The number of hydrogen-bond donors (Lipinski definition) is 2. The Bertz CT molecular complexity index is 1060. The zero-order chi connectivity index (χ0) is 18.6. The lowest BCUT2D eigenvalue weighted by Crippen LogP contribution is -1.99. The average Bonchev–Trinajstić information content (AvgIpc) is 3.19. The summed E-state index contributed by atoms with van der Waals surface area (Å²) >= 11 is 0. The smallest absolute Gasteiger partial charge is 0.227 e. The van der Waals surface area contributed by atoms with Crippen LogP contribution in [0.2, 0.25) is 0 Å². The van der Waals surface area contributed by atoms with E-state index in [0.717, 1.165) is 22.5 Å². The van der Waals surface area contributed by atoms with Crippen molar-refractivity contribution < 1.29 is 9.13 Å². The van der Waals surface area contributed by atoms with Crippen molar-refractivity contribution in [3.8, 4) is 28.3 Å². The highest BCUT2D eigenvalue weighted by Crippen LogP contribution is 2.30. The van der Waals surface area contributed by atoms with Gasteiger partial charge in [0.15, 0.2) is 0 Å². The molecule has 0 saturated carbocycles. The summed E-state index contributed by atoms with van der Waals surface area (Å²) in [5.41, 5.74) is 3.84. The van der Waals surface area contributed by atoms with Gasteiger partial charge in [-0.3, -0.25) is 5.10 Å². The summed E-state index contributed by atoms with van der Waals surface area (Å²) in [5, 5.41) is 10.2. The zero-order valence-electron chi connectivity index (χ0n) is 14.5. The van der Waals surface area contributed by atoms with Crippen molar-refractivity contribution in [1.82, 2.24) is 20.2 Å². The van der Waals surface area contributed by atoms with Crippen LogP contribution in [0.4, 0.5) is 16.0 Å². The minimum Gasteiger partial charge on any atom is -0.495 e. The van der Waals surface area contributed by atoms with Crippen LogP contribution >= 0.6 is 0 Å². The maximum atomic E-state index is 13.2. The van der Waals surface area contributed by atoms with Gasteiger partial charge in [-0.2, -0.15) is 5.10 Å². The van der Waals surface area contributed by atoms with Gasteiger partial charge in [-0.25, -0.2) is 14.4 Å². The fourth-order valence-electron chi connectivity index (χ4n) is 2.75. The van der Waals surface area contributed by atoms with E-state index in [0.29, 0.717) is 17.4 Å². The lowest BCUT2D eigenvalue weighted by atomic mass is 10.1. The van der Waals surface area contributed by atoms with E-state index in [1.54, 1.807) is 37.7 Å². The van der Waals surface area contributed by atoms with Crippen molar-refractivity contribution >= 4 is 11.6 Å². The largest absolute Gasteiger partial charge is 0.495 e. The summed E-state index contributed by atoms with van der Waals surface area (Å²) in [6.45, 7) is 0. The molecule has 2 heterocycles. The maximum absolute atomic E-state index is 13.2. The van der Waals surface area contributed by atoms with Crippen LogP contribution in [-0.4, -0.2) is 27.3 Å². The highest BCUT2D eigenvalue weighted by molar-refractivity contribution is 5.78. The van der Waals surface area contributed by atoms with Crippen molar-refractivity contribution in [3.05, 3.63) is 72.8 Å². The molecule has 0 aliphatic heterocycles. The molecule has 2 aromatic carbocycles. The monoisotopic (exact) mass is 361 g/mol. The third kappa shape index (κ3) is 3.48. The molecule has 0 atom stereocenters. The van der Waals surface area contributed by atoms with Gasteiger partial charge in [0.2, 0.25) is 5.95 Å². The summed E-state index contributed by atoms with van der Waals surface area (Å²) < 4.78 is 18.6. The molecule has 4 aromatic rings. The first-order chi connectivity index (χ1) is 13.2. The number of hydrogen-bond acceptors (Lipinski definition) is 5. The average molecular weight is 361 g/mol. The van der Waals surface area contributed by atoms with E-state index >= 15 is 0 Å². The molecule has 0 saturated heterocycles. The molecule has 4 rings (SSSR count). The molecule has 0 amide bonds. The lowest BCUT2D eigenvalue weighted by molar-refractivity contribution is 0.417. The number of aromatic amines is 1. The van der Waals surface area contributed by atoms with Crippen LogP contribution in [0.25, 0.3) is 22.5 Å². The Balaban J connectivity index is 1.68. The first kappa shape index (κ1) is 16.7. The second-order valence-corrected chi connectivity index (χ2v) is 5.76. The van der Waals surface area contributed by atoms with Crippen molar-refractivity contribution in [2.24, 2.45) is 0 Å². The van der Waals surface area contributed by atoms with Gasteiger partial charge in [0.05, 0.1) is 30.4 Å². The van der Waals surface area contributed by atoms with Crippen LogP contribution in [0, 0.1) is 5.82 Å². The molecule has 2 aromatic heterocycles. The minimum absolute atomic E-state index is 0.287. The number of para-hydroxylation sites is 2. The number of anilines is 2. The molecule has 0 aliphatic carbocycles. The van der Waals surface area contributed by atoms with E-state index in [-0.39, 0.29) is 5.82 Å². The van der Waals surface area contributed by atoms with E-state index in [2.05, 4.69) is 25.5 Å². The van der Waals surface area contributed by atoms with Crippen LogP contribution in [-0.2, 0) is 0 Å². The summed E-state index contributed by atoms with van der Waals surface area (Å²) in [5.74, 6) is 0.843. The standard InChI is InChI=1S/C20H16FN5O/c1-27-18-5-3-2-4-17(18)25-20-22-11-10-16(24-20)15-12-23-26-19(15)13-6-8-14(21)9-7-13/h2-12H,1H3,(H,23,26)(H,22,24,25). The second kappa shape index (κ2) is 7.25. The molecular formula is C20H16FN5O. The number of methoxy groups -OCH3 is 1. The topological polar surface area (TPSA) is 75.7 Å². The first-order valence-electron chi connectivity index (χ1n) is 8.27. The summed E-state index contributed by atoms with van der Waals surface area (Å²) in [6.07, 6.45) is 3.36. The fraction of sp³-hybridized carbons (Fsp3) is 0.0500. The predicted molar refractivity (Wildman–Crippen MR) is 101 cm³/mol. The van der Waals surface area contributed by atoms with Crippen LogP contribution in [0.1, 0.15) is 0 Å². The molecule has 0 spiro atoms. The summed E-state index contributed by atoms with van der Waals surface area (Å²) in [4.78, 5) is 8.85. The second-order valence-electron chi connectivity index (χ2n) is 5.76. The van der Waals surface area contributed by atoms with Crippen LogP contribution in [0.15, 0.2) is 67.0 Å². The Morgan fingerprint density at radius 1 is 1.04 bits per heavy atom. The van der Waals surface area contributed by atoms with E-state index in [1.807, 2.05) is 24.3 Å². The van der Waals surface area contributed by atoms with Crippen LogP contribution in [0.5, 0.6) is 5.75 Å². The van der Waals surface area contributed by atoms with E-state index in [9.17, 15) is 4.39 Å². The molecule has 0 radical (unpaired) electrons. The van der Waals surface area contributed by atoms with Gasteiger partial charge < -0.3 is 10.1 Å². The Hall–Kier alpha value is -3.74. The third-order valence-electron chi connectivity index (χ3n) is 4.06. The normalized spacial score (nSPS) is 10.6. The van der Waals surface area contributed by atoms with E-state index in [1.165, 1.54) is 12.1 Å². The van der Waals surface area contributed by atoms with Gasteiger partial charge in [0.25, 0.3) is 0 Å². The van der Waals surface area contributed by atoms with Gasteiger partial charge >= 0.3 is 0 Å². The Kier molecular flexibility index (Phi) is 4.49. The van der Waals surface area contributed by atoms with Crippen molar-refractivity contribution in [1.29, 1.82) is 0 Å². The number of nitrogens with zero attached hydrogens (tertiary/aromatic N) is 3. The molecule has 27 heavy (non-hydrogen) atoms. The first-order valence-corrected chi connectivity index (χ1v) is 8.27. The maximum Gasteiger partial charge on any atom is 0.227 e. The molecule has 7 heteroatoms. The highest BCUT2D eigenvalue weighted by atomic mass is 19.1. The lowest BCUT2D eigenvalue weighted by Gasteiger charge is -2.10. The zero-order valence-corrected chi connectivity index (χ0v) is 14.5. The molecule has 0 bridgehead atoms. The number of H-pyrrole nitrogens is 1. The van der Waals surface area contributed by atoms with Gasteiger partial charge in [0.1, 0.15) is 11.6 Å². The highest BCUT2D eigenvalue weighted by Gasteiger charge is 2.13. The molecule has 0 unspecified atom stereocenters.